The third-order valence-electron chi connectivity index (χ3n) is 6.17. The number of benzene rings is 3. The summed E-state index contributed by atoms with van der Waals surface area (Å²) in [4.78, 5) is 17.2. The molecule has 0 radical (unpaired) electrons. The number of ether oxygens (including phenoxy) is 1. The molecule has 0 unspecified atom stereocenters. The molecule has 5 nitrogen and oxygen atoms in total. The summed E-state index contributed by atoms with van der Waals surface area (Å²) in [5.74, 6) is 1.86. The number of hydrogen-bond acceptors (Lipinski definition) is 3. The van der Waals surface area contributed by atoms with Gasteiger partial charge in [-0.05, 0) is 60.2 Å². The standard InChI is InChI=1S/C30H35N3O2/c1-30(2,3)24-15-17-25(18-16-24)35-22-10-9-21-33-27-14-8-7-13-26(27)32-28(33)19-20-31-29(34)23-11-5-4-6-12-23/h4-8,11-18H,9-10,19-22H2,1-3H3,(H,31,34). The number of hydrogen-bond donors (Lipinski definition) is 1. The van der Waals surface area contributed by atoms with Crippen molar-refractivity contribution in [2.45, 2.75) is 52.0 Å². The lowest BCUT2D eigenvalue weighted by atomic mass is 9.87. The number of unbranched alkanes of at least 4 members (excludes halogenated alkanes) is 1. The van der Waals surface area contributed by atoms with Crippen LogP contribution in [0.2, 0.25) is 0 Å². The zero-order chi connectivity index (χ0) is 24.7. The lowest BCUT2D eigenvalue weighted by Gasteiger charge is -2.19. The van der Waals surface area contributed by atoms with Crippen molar-refractivity contribution in [1.82, 2.24) is 14.9 Å². The molecular formula is C30H35N3O2. The maximum Gasteiger partial charge on any atom is 0.251 e. The van der Waals surface area contributed by atoms with Crippen LogP contribution in [-0.2, 0) is 18.4 Å². The Kier molecular flexibility index (Phi) is 7.86. The number of nitrogens with zero attached hydrogens (tertiary/aromatic N) is 2. The van der Waals surface area contributed by atoms with Crippen molar-refractivity contribution < 1.29 is 9.53 Å². The molecule has 4 aromatic rings. The predicted octanol–water partition coefficient (Wildman–Crippen LogP) is 6.17. The average molecular weight is 470 g/mol. The Hall–Kier alpha value is -3.60. The Morgan fingerprint density at radius 2 is 1.63 bits per heavy atom. The van der Waals surface area contributed by atoms with Gasteiger partial charge in [0.15, 0.2) is 0 Å². The molecule has 0 saturated carbocycles. The molecule has 4 rings (SSSR count). The molecule has 0 aliphatic heterocycles. The lowest BCUT2D eigenvalue weighted by molar-refractivity contribution is 0.0954. The van der Waals surface area contributed by atoms with E-state index in [1.807, 2.05) is 48.5 Å². The number of fused-ring (bicyclic) bond motifs is 1. The molecular weight excluding hydrogens is 434 g/mol. The van der Waals surface area contributed by atoms with E-state index in [0.29, 0.717) is 25.1 Å². The molecule has 1 N–H and O–H groups in total. The smallest absolute Gasteiger partial charge is 0.251 e. The van der Waals surface area contributed by atoms with Crippen LogP contribution in [0, 0.1) is 0 Å². The molecule has 0 aliphatic rings. The van der Waals surface area contributed by atoms with Gasteiger partial charge in [-0.15, -0.1) is 0 Å². The van der Waals surface area contributed by atoms with Gasteiger partial charge in [0.2, 0.25) is 0 Å². The van der Waals surface area contributed by atoms with Crippen LogP contribution in [-0.4, -0.2) is 28.6 Å². The van der Waals surface area contributed by atoms with Crippen LogP contribution < -0.4 is 10.1 Å². The molecule has 35 heavy (non-hydrogen) atoms. The van der Waals surface area contributed by atoms with Crippen LogP contribution in [0.1, 0.15) is 55.4 Å². The fourth-order valence-electron chi connectivity index (χ4n) is 4.16. The average Bonchev–Trinajstić information content (AvgIpc) is 3.21. The quantitative estimate of drug-likeness (QED) is 0.283. The van der Waals surface area contributed by atoms with Crippen LogP contribution >= 0.6 is 0 Å². The van der Waals surface area contributed by atoms with Crippen LogP contribution in [0.25, 0.3) is 11.0 Å². The predicted molar refractivity (Wildman–Crippen MR) is 142 cm³/mol. The van der Waals surface area contributed by atoms with Crippen LogP contribution in [0.4, 0.5) is 0 Å². The molecule has 0 aliphatic carbocycles. The van der Waals surface area contributed by atoms with Crippen LogP contribution in [0.5, 0.6) is 5.75 Å². The number of aryl methyl sites for hydroxylation is 1. The second kappa shape index (κ2) is 11.2. The van der Waals surface area contributed by atoms with Crippen LogP contribution in [0.3, 0.4) is 0 Å². The summed E-state index contributed by atoms with van der Waals surface area (Å²) in [5, 5.41) is 3.01. The van der Waals surface area contributed by atoms with Crippen molar-refractivity contribution in [3.8, 4) is 5.75 Å². The van der Waals surface area contributed by atoms with Gasteiger partial charge in [-0.25, -0.2) is 4.98 Å². The highest BCUT2D eigenvalue weighted by Crippen LogP contribution is 2.24. The number of rotatable bonds is 10. The van der Waals surface area contributed by atoms with Crippen molar-refractivity contribution in [2.24, 2.45) is 0 Å². The number of imidazole rings is 1. The molecule has 182 valence electrons. The maximum absolute atomic E-state index is 12.4. The third kappa shape index (κ3) is 6.50. The van der Waals surface area contributed by atoms with E-state index in [1.54, 1.807) is 0 Å². The fourth-order valence-corrected chi connectivity index (χ4v) is 4.16. The van der Waals surface area contributed by atoms with Crippen molar-refractivity contribution in [1.29, 1.82) is 0 Å². The molecule has 0 fully saturated rings. The third-order valence-corrected chi connectivity index (χ3v) is 6.17. The van der Waals surface area contributed by atoms with Crippen molar-refractivity contribution in [3.05, 3.63) is 95.8 Å². The molecule has 0 bridgehead atoms. The molecule has 1 heterocycles. The number of aromatic nitrogens is 2. The van der Waals surface area contributed by atoms with Gasteiger partial charge in [0.25, 0.3) is 5.91 Å². The summed E-state index contributed by atoms with van der Waals surface area (Å²) in [6.07, 6.45) is 2.63. The van der Waals surface area contributed by atoms with Crippen molar-refractivity contribution in [3.63, 3.8) is 0 Å². The Balaban J connectivity index is 1.30. The first-order valence-corrected chi connectivity index (χ1v) is 12.4. The molecule has 0 saturated heterocycles. The first kappa shape index (κ1) is 24.5. The minimum atomic E-state index is -0.0547. The van der Waals surface area contributed by atoms with E-state index in [0.717, 1.165) is 42.0 Å². The van der Waals surface area contributed by atoms with Gasteiger partial charge in [-0.1, -0.05) is 63.2 Å². The van der Waals surface area contributed by atoms with E-state index in [1.165, 1.54) is 5.56 Å². The monoisotopic (exact) mass is 469 g/mol. The lowest BCUT2D eigenvalue weighted by Crippen LogP contribution is -2.26. The fraction of sp³-hybridized carbons (Fsp3) is 0.333. The largest absolute Gasteiger partial charge is 0.494 e. The molecule has 1 aromatic heterocycles. The minimum absolute atomic E-state index is 0.0547. The molecule has 1 amide bonds. The number of amides is 1. The van der Waals surface area contributed by atoms with Crippen molar-refractivity contribution in [2.75, 3.05) is 13.2 Å². The number of carbonyl (C=O) groups excluding carboxylic acids is 1. The zero-order valence-corrected chi connectivity index (χ0v) is 21.0. The summed E-state index contributed by atoms with van der Waals surface area (Å²) in [7, 11) is 0. The van der Waals surface area contributed by atoms with Gasteiger partial charge in [-0.3, -0.25) is 4.79 Å². The summed E-state index contributed by atoms with van der Waals surface area (Å²) in [6, 6.07) is 25.9. The number of carbonyl (C=O) groups is 1. The van der Waals surface area contributed by atoms with Gasteiger partial charge >= 0.3 is 0 Å². The summed E-state index contributed by atoms with van der Waals surface area (Å²) in [6.45, 7) is 8.75. The van der Waals surface area contributed by atoms with Gasteiger partial charge in [0.05, 0.1) is 17.6 Å². The van der Waals surface area contributed by atoms with E-state index in [9.17, 15) is 4.79 Å². The highest BCUT2D eigenvalue weighted by molar-refractivity contribution is 5.94. The maximum atomic E-state index is 12.4. The number of para-hydroxylation sites is 2. The Morgan fingerprint density at radius 3 is 2.37 bits per heavy atom. The highest BCUT2D eigenvalue weighted by Gasteiger charge is 2.13. The van der Waals surface area contributed by atoms with E-state index < -0.39 is 0 Å². The van der Waals surface area contributed by atoms with E-state index in [-0.39, 0.29) is 11.3 Å². The second-order valence-electron chi connectivity index (χ2n) is 9.87. The summed E-state index contributed by atoms with van der Waals surface area (Å²) >= 11 is 0. The molecule has 3 aromatic carbocycles. The van der Waals surface area contributed by atoms with Gasteiger partial charge in [-0.2, -0.15) is 0 Å². The van der Waals surface area contributed by atoms with Crippen LogP contribution in [0.15, 0.2) is 78.9 Å². The molecule has 0 atom stereocenters. The zero-order valence-electron chi connectivity index (χ0n) is 21.0. The summed E-state index contributed by atoms with van der Waals surface area (Å²) in [5.41, 5.74) is 4.26. The Morgan fingerprint density at radius 1 is 0.914 bits per heavy atom. The van der Waals surface area contributed by atoms with E-state index in [4.69, 9.17) is 9.72 Å². The normalized spacial score (nSPS) is 11.5. The van der Waals surface area contributed by atoms with Crippen molar-refractivity contribution >= 4 is 16.9 Å². The first-order valence-electron chi connectivity index (χ1n) is 12.4. The highest BCUT2D eigenvalue weighted by atomic mass is 16.5. The Bertz CT molecular complexity index is 1240. The van der Waals surface area contributed by atoms with Gasteiger partial charge in [0, 0.05) is 25.1 Å². The topological polar surface area (TPSA) is 56.1 Å². The minimum Gasteiger partial charge on any atom is -0.494 e. The first-order chi connectivity index (χ1) is 16.9. The SMILES string of the molecule is CC(C)(C)c1ccc(OCCCCn2c(CCNC(=O)c3ccccc3)nc3ccccc32)cc1. The van der Waals surface area contributed by atoms with Gasteiger partial charge in [0.1, 0.15) is 11.6 Å². The molecule has 0 spiro atoms. The van der Waals surface area contributed by atoms with E-state index >= 15 is 0 Å². The van der Waals surface area contributed by atoms with E-state index in [2.05, 4.69) is 61.0 Å². The number of nitrogens with one attached hydrogen (secondary N) is 1. The molecule has 5 heteroatoms. The summed E-state index contributed by atoms with van der Waals surface area (Å²) < 4.78 is 8.25. The second-order valence-corrected chi connectivity index (χ2v) is 9.87. The Labute approximate surface area is 208 Å². The van der Waals surface area contributed by atoms with Gasteiger partial charge < -0.3 is 14.6 Å².